The number of benzene rings is 2. The zero-order valence-corrected chi connectivity index (χ0v) is 16.7. The molecular formula is C22H17F3N4O3. The molecule has 2 aromatic carbocycles. The van der Waals surface area contributed by atoms with Gasteiger partial charge in [-0.3, -0.25) is 4.98 Å². The zero-order chi connectivity index (χ0) is 22.7. The fourth-order valence-electron chi connectivity index (χ4n) is 2.91. The van der Waals surface area contributed by atoms with Crippen molar-refractivity contribution in [1.29, 1.82) is 0 Å². The normalized spacial score (nSPS) is 11.4. The van der Waals surface area contributed by atoms with E-state index in [2.05, 4.69) is 15.0 Å². The predicted molar refractivity (Wildman–Crippen MR) is 112 cm³/mol. The van der Waals surface area contributed by atoms with E-state index in [9.17, 15) is 18.3 Å². The van der Waals surface area contributed by atoms with Gasteiger partial charge in [-0.1, -0.05) is 0 Å². The zero-order valence-electron chi connectivity index (χ0n) is 16.7. The summed E-state index contributed by atoms with van der Waals surface area (Å²) in [6.45, 7) is -1.33. The van der Waals surface area contributed by atoms with Gasteiger partial charge in [0.1, 0.15) is 11.5 Å². The van der Waals surface area contributed by atoms with Crippen LogP contribution in [0, 0.1) is 0 Å². The van der Waals surface area contributed by atoms with Crippen molar-refractivity contribution >= 4 is 22.3 Å². The molecule has 0 fully saturated rings. The summed E-state index contributed by atoms with van der Waals surface area (Å²) in [5.74, 6) is 0.393. The van der Waals surface area contributed by atoms with Crippen molar-refractivity contribution in [3.05, 3.63) is 67.0 Å². The van der Waals surface area contributed by atoms with Crippen LogP contribution < -0.4 is 14.4 Å². The second kappa shape index (κ2) is 8.58. The molecule has 0 aliphatic heterocycles. The maximum absolute atomic E-state index is 12.3. The van der Waals surface area contributed by atoms with E-state index in [1.165, 1.54) is 24.5 Å². The molecule has 4 aromatic rings. The smallest absolute Gasteiger partial charge is 0.422 e. The van der Waals surface area contributed by atoms with Gasteiger partial charge < -0.3 is 19.5 Å². The molecule has 2 aromatic heterocycles. The van der Waals surface area contributed by atoms with Crippen LogP contribution in [-0.4, -0.2) is 39.9 Å². The lowest BCUT2D eigenvalue weighted by atomic mass is 10.2. The van der Waals surface area contributed by atoms with Gasteiger partial charge in [0.2, 0.25) is 5.88 Å². The van der Waals surface area contributed by atoms with Crippen LogP contribution in [0.4, 0.5) is 24.5 Å². The van der Waals surface area contributed by atoms with Crippen LogP contribution >= 0.6 is 0 Å². The van der Waals surface area contributed by atoms with Crippen molar-refractivity contribution < 1.29 is 27.8 Å². The molecule has 0 spiro atoms. The van der Waals surface area contributed by atoms with Gasteiger partial charge in [0.25, 0.3) is 0 Å². The van der Waals surface area contributed by atoms with Crippen LogP contribution in [0.5, 0.6) is 23.4 Å². The van der Waals surface area contributed by atoms with Gasteiger partial charge in [-0.25, -0.2) is 0 Å². The summed E-state index contributed by atoms with van der Waals surface area (Å²) in [5, 5.41) is 10.5. The Bertz CT molecular complexity index is 1220. The molecule has 0 saturated heterocycles. The molecule has 0 amide bonds. The highest BCUT2D eigenvalue weighted by molar-refractivity contribution is 5.82. The number of hydrogen-bond acceptors (Lipinski definition) is 7. The lowest BCUT2D eigenvalue weighted by Gasteiger charge is -2.20. The highest BCUT2D eigenvalue weighted by Crippen LogP contribution is 2.30. The Balaban J connectivity index is 1.44. The maximum atomic E-state index is 12.3. The van der Waals surface area contributed by atoms with Crippen LogP contribution in [-0.2, 0) is 0 Å². The number of pyridine rings is 1. The Kier molecular flexibility index (Phi) is 5.67. The van der Waals surface area contributed by atoms with Gasteiger partial charge in [0.05, 0.1) is 17.1 Å². The van der Waals surface area contributed by atoms with Crippen LogP contribution in [0.15, 0.2) is 67.0 Å². The third kappa shape index (κ3) is 4.97. The number of ether oxygens (including phenoxy) is 2. The lowest BCUT2D eigenvalue weighted by molar-refractivity contribution is -0.153. The minimum Gasteiger partial charge on any atom is -0.493 e. The molecular weight excluding hydrogens is 425 g/mol. The van der Waals surface area contributed by atoms with Crippen molar-refractivity contribution in [2.75, 3.05) is 18.6 Å². The fourth-order valence-corrected chi connectivity index (χ4v) is 2.91. The number of rotatable bonds is 6. The summed E-state index contributed by atoms with van der Waals surface area (Å²) in [4.78, 5) is 14.0. The van der Waals surface area contributed by atoms with E-state index in [1.807, 2.05) is 11.9 Å². The Morgan fingerprint density at radius 2 is 1.53 bits per heavy atom. The van der Waals surface area contributed by atoms with E-state index in [4.69, 9.17) is 9.47 Å². The molecule has 0 atom stereocenters. The van der Waals surface area contributed by atoms with E-state index >= 15 is 0 Å². The molecule has 164 valence electrons. The lowest BCUT2D eigenvalue weighted by Crippen LogP contribution is -2.19. The van der Waals surface area contributed by atoms with Gasteiger partial charge in [-0.15, -0.1) is 0 Å². The second-order valence-corrected chi connectivity index (χ2v) is 6.78. The first-order chi connectivity index (χ1) is 15.3. The molecule has 0 aliphatic rings. The van der Waals surface area contributed by atoms with Crippen molar-refractivity contribution in [3.8, 4) is 23.4 Å². The average molecular weight is 442 g/mol. The standard InChI is InChI=1S/C22H17F3N4O3/c1-29(14-2-6-16(7-3-14)31-13-22(23,24)25)15-4-8-17(9-5-15)32-21-27-19-12-26-11-10-18(19)20(30)28-21/h2-12H,13H2,1H3,(H,27,28,30). The molecule has 0 radical (unpaired) electrons. The molecule has 4 rings (SSSR count). The van der Waals surface area contributed by atoms with E-state index in [1.54, 1.807) is 42.5 Å². The first-order valence-corrected chi connectivity index (χ1v) is 9.40. The molecule has 0 unspecified atom stereocenters. The molecule has 0 aliphatic carbocycles. The molecule has 0 saturated carbocycles. The monoisotopic (exact) mass is 442 g/mol. The summed E-state index contributed by atoms with van der Waals surface area (Å²) >= 11 is 0. The summed E-state index contributed by atoms with van der Waals surface area (Å²) < 4.78 is 47.2. The Hall–Kier alpha value is -4.08. The summed E-state index contributed by atoms with van der Waals surface area (Å²) in [7, 11) is 1.82. The van der Waals surface area contributed by atoms with Gasteiger partial charge in [0.15, 0.2) is 6.61 Å². The molecule has 32 heavy (non-hydrogen) atoms. The minimum atomic E-state index is -4.38. The largest absolute Gasteiger partial charge is 0.493 e. The van der Waals surface area contributed by atoms with Crippen molar-refractivity contribution in [3.63, 3.8) is 0 Å². The Morgan fingerprint density at radius 3 is 2.16 bits per heavy atom. The van der Waals surface area contributed by atoms with Crippen LogP contribution in [0.3, 0.4) is 0 Å². The van der Waals surface area contributed by atoms with Crippen molar-refractivity contribution in [2.24, 2.45) is 0 Å². The van der Waals surface area contributed by atoms with E-state index in [0.717, 1.165) is 11.4 Å². The van der Waals surface area contributed by atoms with Crippen LogP contribution in [0.2, 0.25) is 0 Å². The fraction of sp³-hybridized carbons (Fsp3) is 0.136. The quantitative estimate of drug-likeness (QED) is 0.438. The number of nitrogens with zero attached hydrogens (tertiary/aromatic N) is 4. The number of aromatic hydroxyl groups is 1. The third-order valence-electron chi connectivity index (χ3n) is 4.52. The summed E-state index contributed by atoms with van der Waals surface area (Å²) in [6, 6.07) is 14.9. The molecule has 7 nitrogen and oxygen atoms in total. The number of alkyl halides is 3. The first kappa shape index (κ1) is 21.2. The molecule has 0 bridgehead atoms. The van der Waals surface area contributed by atoms with Crippen molar-refractivity contribution in [1.82, 2.24) is 15.0 Å². The highest BCUT2D eigenvalue weighted by atomic mass is 19.4. The SMILES string of the molecule is CN(c1ccc(OCC(F)(F)F)cc1)c1ccc(Oc2nc(O)c3ccncc3n2)cc1. The van der Waals surface area contributed by atoms with E-state index in [0.29, 0.717) is 16.7 Å². The minimum absolute atomic E-state index is 0.0152. The van der Waals surface area contributed by atoms with Crippen LogP contribution in [0.25, 0.3) is 10.9 Å². The van der Waals surface area contributed by atoms with Gasteiger partial charge in [-0.2, -0.15) is 23.1 Å². The average Bonchev–Trinajstić information content (AvgIpc) is 2.78. The highest BCUT2D eigenvalue weighted by Gasteiger charge is 2.28. The van der Waals surface area contributed by atoms with Crippen molar-refractivity contribution in [2.45, 2.75) is 6.18 Å². The van der Waals surface area contributed by atoms with E-state index < -0.39 is 12.8 Å². The Labute approximate surface area is 180 Å². The van der Waals surface area contributed by atoms with Gasteiger partial charge >= 0.3 is 12.2 Å². The van der Waals surface area contributed by atoms with E-state index in [-0.39, 0.29) is 17.6 Å². The number of fused-ring (bicyclic) bond motifs is 1. The van der Waals surface area contributed by atoms with Gasteiger partial charge in [0, 0.05) is 24.6 Å². The van der Waals surface area contributed by atoms with Crippen LogP contribution in [0.1, 0.15) is 0 Å². The molecule has 2 heterocycles. The number of anilines is 2. The molecule has 1 N–H and O–H groups in total. The predicted octanol–water partition coefficient (Wildman–Crippen LogP) is 5.23. The number of hydrogen-bond donors (Lipinski definition) is 1. The topological polar surface area (TPSA) is 80.6 Å². The molecule has 10 heteroatoms. The Morgan fingerprint density at radius 1 is 0.906 bits per heavy atom. The number of halogens is 3. The second-order valence-electron chi connectivity index (χ2n) is 6.78. The third-order valence-corrected chi connectivity index (χ3v) is 4.52. The summed E-state index contributed by atoms with van der Waals surface area (Å²) in [6.07, 6.45) is -1.35. The first-order valence-electron chi connectivity index (χ1n) is 9.40. The van der Waals surface area contributed by atoms with Gasteiger partial charge in [-0.05, 0) is 54.6 Å². The summed E-state index contributed by atoms with van der Waals surface area (Å²) in [5.41, 5.74) is 2.02. The number of aromatic nitrogens is 3. The maximum Gasteiger partial charge on any atom is 0.422 e.